The highest BCUT2D eigenvalue weighted by Crippen LogP contribution is 2.35. The number of benzene rings is 1. The van der Waals surface area contributed by atoms with E-state index in [-0.39, 0.29) is 29.4 Å². The Hall–Kier alpha value is -3.12. The molecule has 0 unspecified atom stereocenters. The summed E-state index contributed by atoms with van der Waals surface area (Å²) in [6.07, 6.45) is 4.82. The van der Waals surface area contributed by atoms with Crippen molar-refractivity contribution in [1.82, 2.24) is 4.57 Å². The zero-order valence-electron chi connectivity index (χ0n) is 16.2. The van der Waals surface area contributed by atoms with Gasteiger partial charge in [-0.25, -0.2) is 4.79 Å². The van der Waals surface area contributed by atoms with Gasteiger partial charge in [-0.15, -0.1) is 0 Å². The van der Waals surface area contributed by atoms with Gasteiger partial charge in [0.2, 0.25) is 0 Å². The van der Waals surface area contributed by atoms with E-state index in [1.807, 2.05) is 24.3 Å². The molecule has 0 amide bonds. The molecular weight excluding hydrogens is 358 g/mol. The van der Waals surface area contributed by atoms with Gasteiger partial charge in [0.15, 0.2) is 11.7 Å². The van der Waals surface area contributed by atoms with Crippen molar-refractivity contribution in [2.24, 2.45) is 0 Å². The number of ether oxygens (including phenoxy) is 2. The molecule has 1 aliphatic carbocycles. The number of aromatic nitrogens is 1. The number of allylic oxidation sites excluding steroid dienone is 2. The van der Waals surface area contributed by atoms with Crippen LogP contribution in [-0.2, 0) is 20.8 Å². The molecule has 28 heavy (non-hydrogen) atoms. The van der Waals surface area contributed by atoms with E-state index in [2.05, 4.69) is 0 Å². The summed E-state index contributed by atoms with van der Waals surface area (Å²) in [4.78, 5) is 25.2. The minimum absolute atomic E-state index is 0.0927. The molecule has 1 heterocycles. The van der Waals surface area contributed by atoms with Gasteiger partial charge in [-0.2, -0.15) is 0 Å². The third-order valence-electron chi connectivity index (χ3n) is 4.75. The highest BCUT2D eigenvalue weighted by molar-refractivity contribution is 6.33. The molecule has 0 atom stereocenters. The molecule has 146 valence electrons. The van der Waals surface area contributed by atoms with Crippen LogP contribution in [0, 0.1) is 6.92 Å². The van der Waals surface area contributed by atoms with Crippen LogP contribution in [0.4, 0.5) is 0 Å². The highest BCUT2D eigenvalue weighted by atomic mass is 16.5. The number of hydrogen-bond donors (Lipinski definition) is 1. The van der Waals surface area contributed by atoms with Gasteiger partial charge < -0.3 is 19.1 Å². The number of nitrogens with zero attached hydrogens (tertiary/aromatic N) is 1. The average molecular weight is 381 g/mol. The normalized spacial score (nSPS) is 14.4. The fourth-order valence-corrected chi connectivity index (χ4v) is 3.37. The minimum atomic E-state index is -0.537. The van der Waals surface area contributed by atoms with Gasteiger partial charge in [0, 0.05) is 24.9 Å². The average Bonchev–Trinajstić information content (AvgIpc) is 2.92. The Morgan fingerprint density at radius 1 is 1.25 bits per heavy atom. The first-order chi connectivity index (χ1) is 13.5. The molecule has 2 aromatic rings. The van der Waals surface area contributed by atoms with Crippen molar-refractivity contribution in [2.45, 2.75) is 20.4 Å². The largest absolute Gasteiger partial charge is 0.494 e. The predicted octanol–water partition coefficient (Wildman–Crippen LogP) is 3.46. The maximum atomic E-state index is 12.6. The topological polar surface area (TPSA) is 77.8 Å². The Bertz CT molecular complexity index is 981. The fourth-order valence-electron chi connectivity index (χ4n) is 3.37. The van der Waals surface area contributed by atoms with Crippen LogP contribution in [0.1, 0.15) is 39.7 Å². The van der Waals surface area contributed by atoms with Gasteiger partial charge in [-0.3, -0.25) is 4.79 Å². The third kappa shape index (κ3) is 3.51. The lowest BCUT2D eigenvalue weighted by atomic mass is 9.90. The lowest BCUT2D eigenvalue weighted by Gasteiger charge is -2.13. The molecule has 0 saturated heterocycles. The SMILES string of the molecule is CCOC(=O)c1c(C=C2C(=O)C=Cc3ccccc32)c(O)n(CCOC)c1C. The number of carbonyl (C=O) groups excluding carboxylic acids is 2. The van der Waals surface area contributed by atoms with Crippen LogP contribution in [0.3, 0.4) is 0 Å². The summed E-state index contributed by atoms with van der Waals surface area (Å²) in [5, 5.41) is 10.8. The minimum Gasteiger partial charge on any atom is -0.494 e. The number of aromatic hydroxyl groups is 1. The number of carbonyl (C=O) groups is 2. The molecule has 1 aliphatic rings. The molecule has 0 radical (unpaired) electrons. The number of rotatable bonds is 6. The summed E-state index contributed by atoms with van der Waals surface area (Å²) in [7, 11) is 1.56. The van der Waals surface area contributed by atoms with E-state index in [1.54, 1.807) is 37.7 Å². The molecule has 6 nitrogen and oxygen atoms in total. The predicted molar refractivity (Wildman–Crippen MR) is 107 cm³/mol. The van der Waals surface area contributed by atoms with Crippen molar-refractivity contribution in [3.8, 4) is 5.88 Å². The van der Waals surface area contributed by atoms with E-state index >= 15 is 0 Å². The van der Waals surface area contributed by atoms with Crippen LogP contribution in [-0.4, -0.2) is 41.7 Å². The van der Waals surface area contributed by atoms with E-state index in [9.17, 15) is 14.7 Å². The smallest absolute Gasteiger partial charge is 0.340 e. The number of hydrogen-bond acceptors (Lipinski definition) is 5. The Balaban J connectivity index is 2.20. The first-order valence-electron chi connectivity index (χ1n) is 9.11. The van der Waals surface area contributed by atoms with Gasteiger partial charge in [-0.1, -0.05) is 30.3 Å². The Labute approximate surface area is 163 Å². The van der Waals surface area contributed by atoms with Crippen molar-refractivity contribution in [3.05, 3.63) is 58.3 Å². The molecule has 0 fully saturated rings. The van der Waals surface area contributed by atoms with Gasteiger partial charge in [0.05, 0.1) is 24.3 Å². The quantitative estimate of drug-likeness (QED) is 0.612. The Kier molecular flexibility index (Phi) is 5.80. The van der Waals surface area contributed by atoms with E-state index in [4.69, 9.17) is 9.47 Å². The summed E-state index contributed by atoms with van der Waals surface area (Å²) in [5.74, 6) is -0.814. The van der Waals surface area contributed by atoms with E-state index in [0.29, 0.717) is 24.4 Å². The number of ketones is 1. The van der Waals surface area contributed by atoms with E-state index in [1.165, 1.54) is 6.08 Å². The molecule has 0 saturated carbocycles. The Morgan fingerprint density at radius 3 is 2.71 bits per heavy atom. The first-order valence-corrected chi connectivity index (χ1v) is 9.11. The van der Waals surface area contributed by atoms with Crippen LogP contribution >= 0.6 is 0 Å². The van der Waals surface area contributed by atoms with Gasteiger partial charge in [0.1, 0.15) is 0 Å². The van der Waals surface area contributed by atoms with Gasteiger partial charge >= 0.3 is 5.97 Å². The number of esters is 1. The standard InChI is InChI=1S/C22H23NO5/c1-4-28-22(26)20-14(2)23(11-12-27-3)21(25)18(20)13-17-16-8-6-5-7-15(16)9-10-19(17)24/h5-10,13,25H,4,11-12H2,1-3H3. The van der Waals surface area contributed by atoms with Crippen LogP contribution in [0.25, 0.3) is 17.7 Å². The zero-order valence-corrected chi connectivity index (χ0v) is 16.2. The fraction of sp³-hybridized carbons (Fsp3) is 0.273. The summed E-state index contributed by atoms with van der Waals surface area (Å²) >= 11 is 0. The zero-order chi connectivity index (χ0) is 20.3. The Morgan fingerprint density at radius 2 is 2.00 bits per heavy atom. The summed E-state index contributed by atoms with van der Waals surface area (Å²) in [6.45, 7) is 4.40. The summed E-state index contributed by atoms with van der Waals surface area (Å²) in [6, 6.07) is 7.50. The third-order valence-corrected chi connectivity index (χ3v) is 4.75. The van der Waals surface area contributed by atoms with Crippen LogP contribution in [0.15, 0.2) is 30.3 Å². The second-order valence-corrected chi connectivity index (χ2v) is 6.41. The number of methoxy groups -OCH3 is 1. The molecular formula is C22H23NO5. The highest BCUT2D eigenvalue weighted by Gasteiger charge is 2.27. The van der Waals surface area contributed by atoms with Crippen molar-refractivity contribution < 1.29 is 24.2 Å². The molecule has 3 rings (SSSR count). The molecule has 1 aromatic heterocycles. The second kappa shape index (κ2) is 8.27. The van der Waals surface area contributed by atoms with Gasteiger partial charge in [-0.05, 0) is 37.1 Å². The molecule has 1 aromatic carbocycles. The monoisotopic (exact) mass is 381 g/mol. The maximum absolute atomic E-state index is 12.6. The van der Waals surface area contributed by atoms with Crippen molar-refractivity contribution in [1.29, 1.82) is 0 Å². The maximum Gasteiger partial charge on any atom is 0.340 e. The summed E-state index contributed by atoms with van der Waals surface area (Å²) < 4.78 is 11.9. The molecule has 6 heteroatoms. The lowest BCUT2D eigenvalue weighted by Crippen LogP contribution is -2.10. The second-order valence-electron chi connectivity index (χ2n) is 6.41. The molecule has 0 bridgehead atoms. The van der Waals surface area contributed by atoms with E-state index in [0.717, 1.165) is 11.1 Å². The van der Waals surface area contributed by atoms with Crippen LogP contribution < -0.4 is 0 Å². The van der Waals surface area contributed by atoms with Crippen LogP contribution in [0.5, 0.6) is 5.88 Å². The van der Waals surface area contributed by atoms with Crippen molar-refractivity contribution >= 4 is 29.5 Å². The van der Waals surface area contributed by atoms with Crippen LogP contribution in [0.2, 0.25) is 0 Å². The first kappa shape index (κ1) is 19.6. The molecule has 0 spiro atoms. The van der Waals surface area contributed by atoms with Crippen molar-refractivity contribution in [2.75, 3.05) is 20.3 Å². The molecule has 0 aliphatic heterocycles. The van der Waals surface area contributed by atoms with E-state index < -0.39 is 5.97 Å². The number of fused-ring (bicyclic) bond motifs is 1. The van der Waals surface area contributed by atoms with Crippen molar-refractivity contribution in [3.63, 3.8) is 0 Å². The molecule has 1 N–H and O–H groups in total. The summed E-state index contributed by atoms with van der Waals surface area (Å²) in [5.41, 5.74) is 3.17. The lowest BCUT2D eigenvalue weighted by molar-refractivity contribution is -0.109. The van der Waals surface area contributed by atoms with Gasteiger partial charge in [0.25, 0.3) is 0 Å².